The summed E-state index contributed by atoms with van der Waals surface area (Å²) in [5.41, 5.74) is 3.49. The van der Waals surface area contributed by atoms with Crippen molar-refractivity contribution >= 4 is 43.8 Å². The molecule has 2 aromatic heterocycles. The molecule has 14 nitrogen and oxygen atoms in total. The molecule has 5 atom stereocenters. The Labute approximate surface area is 173 Å². The van der Waals surface area contributed by atoms with Gasteiger partial charge in [-0.25, -0.2) is 4.98 Å². The first-order chi connectivity index (χ1) is 13.8. The Bertz CT molecular complexity index is 1120. The summed E-state index contributed by atoms with van der Waals surface area (Å²) in [5.74, 6) is 0.442. The Kier molecular flexibility index (Phi) is 6.00. The topological polar surface area (TPSA) is 223 Å². The third-order valence-corrected chi connectivity index (χ3v) is 7.86. The number of aliphatic hydroxyl groups is 2. The van der Waals surface area contributed by atoms with Gasteiger partial charge < -0.3 is 39.9 Å². The summed E-state index contributed by atoms with van der Waals surface area (Å²) in [4.78, 5) is 39.0. The Morgan fingerprint density at radius 1 is 1.40 bits per heavy atom. The van der Waals surface area contributed by atoms with Crippen LogP contribution < -0.4 is 5.73 Å². The van der Waals surface area contributed by atoms with E-state index in [4.69, 9.17) is 38.3 Å². The van der Waals surface area contributed by atoms with Crippen LogP contribution >= 0.6 is 26.8 Å². The monoisotopic (exact) mass is 483 g/mol. The van der Waals surface area contributed by atoms with E-state index in [0.717, 1.165) is 0 Å². The summed E-state index contributed by atoms with van der Waals surface area (Å²) in [6.45, 7) is -0.869. The molecule has 1 aliphatic heterocycles. The minimum atomic E-state index is -4.87. The fourth-order valence-corrected chi connectivity index (χ4v) is 5.60. The summed E-state index contributed by atoms with van der Waals surface area (Å²) in [6.07, 6.45) is 1.75. The third-order valence-electron chi connectivity index (χ3n) is 4.23. The molecule has 1 aliphatic rings. The van der Waals surface area contributed by atoms with Gasteiger partial charge in [-0.1, -0.05) is 5.92 Å². The summed E-state index contributed by atoms with van der Waals surface area (Å²) < 4.78 is 34.2. The molecule has 0 bridgehead atoms. The standard InChI is InChI=1S/C13H16ClN5O9P2/c1-2-13(21)6(3-27-30(25,26)5-29(22,23)24)28-11(8(13)20)19-4-16-7-9(15)17-12(14)18-10(7)19/h1,4,6,8,11,20-21H,3,5H2,(H,25,26)(H2,15,17,18)(H2,22,23,24)/t6-,8+,11-,13-/m1/s1. The first-order valence-corrected chi connectivity index (χ1v) is 11.9. The molecule has 30 heavy (non-hydrogen) atoms. The van der Waals surface area contributed by atoms with Crippen LogP contribution in [0.5, 0.6) is 0 Å². The number of nitrogens with two attached hydrogens (primary N) is 1. The van der Waals surface area contributed by atoms with Gasteiger partial charge in [0.05, 0.1) is 12.9 Å². The number of nitrogens with zero attached hydrogens (tertiary/aromatic N) is 4. The first kappa shape index (κ1) is 23.1. The maximum atomic E-state index is 11.9. The number of ether oxygens (including phenoxy) is 1. The number of halogens is 1. The van der Waals surface area contributed by atoms with Crippen LogP contribution in [0.1, 0.15) is 6.23 Å². The summed E-state index contributed by atoms with van der Waals surface area (Å²) in [6, 6.07) is 0. The predicted octanol–water partition coefficient (Wildman–Crippen LogP) is -0.978. The second kappa shape index (κ2) is 7.81. The summed E-state index contributed by atoms with van der Waals surface area (Å²) in [5, 5.41) is 21.0. The molecule has 1 unspecified atom stereocenters. The average Bonchev–Trinajstić information content (AvgIpc) is 3.12. The zero-order valence-corrected chi connectivity index (χ0v) is 17.4. The van der Waals surface area contributed by atoms with E-state index in [-0.39, 0.29) is 22.3 Å². The minimum Gasteiger partial charge on any atom is -0.384 e. The van der Waals surface area contributed by atoms with Gasteiger partial charge in [-0.3, -0.25) is 13.7 Å². The number of imidazole rings is 1. The third kappa shape index (κ3) is 4.37. The van der Waals surface area contributed by atoms with Gasteiger partial charge in [-0.15, -0.1) is 6.42 Å². The molecule has 0 aromatic carbocycles. The fourth-order valence-electron chi connectivity index (χ4n) is 2.87. The molecule has 0 aliphatic carbocycles. The number of fused-ring (bicyclic) bond motifs is 1. The quantitative estimate of drug-likeness (QED) is 0.165. The van der Waals surface area contributed by atoms with Crippen LogP contribution in [0.3, 0.4) is 0 Å². The Morgan fingerprint density at radius 2 is 2.07 bits per heavy atom. The first-order valence-electron chi connectivity index (χ1n) is 7.97. The Hall–Kier alpha value is -1.62. The van der Waals surface area contributed by atoms with E-state index in [0.29, 0.717) is 0 Å². The molecule has 0 amide bonds. The fraction of sp³-hybridized carbons (Fsp3) is 0.462. The van der Waals surface area contributed by atoms with Gasteiger partial charge in [0.1, 0.15) is 17.7 Å². The van der Waals surface area contributed by atoms with Gasteiger partial charge in [-0.05, 0) is 11.6 Å². The number of hydrogen-bond acceptors (Lipinski definition) is 10. The molecule has 1 saturated heterocycles. The van der Waals surface area contributed by atoms with Crippen LogP contribution in [-0.4, -0.2) is 74.7 Å². The van der Waals surface area contributed by atoms with Crippen molar-refractivity contribution in [2.45, 2.75) is 24.0 Å². The van der Waals surface area contributed by atoms with E-state index in [1.54, 1.807) is 0 Å². The van der Waals surface area contributed by atoms with Crippen molar-refractivity contribution in [1.29, 1.82) is 0 Å². The molecule has 2 aromatic rings. The number of terminal acetylenes is 1. The van der Waals surface area contributed by atoms with E-state index in [1.807, 2.05) is 5.92 Å². The number of nitrogen functional groups attached to an aromatic ring is 1. The second-order valence-electron chi connectivity index (χ2n) is 6.37. The van der Waals surface area contributed by atoms with Gasteiger partial charge in [-0.2, -0.15) is 9.97 Å². The lowest BCUT2D eigenvalue weighted by atomic mass is 9.93. The van der Waals surface area contributed by atoms with E-state index in [9.17, 15) is 24.2 Å². The lowest BCUT2D eigenvalue weighted by Gasteiger charge is -2.25. The number of aromatic nitrogens is 4. The summed E-state index contributed by atoms with van der Waals surface area (Å²) >= 11 is 5.79. The van der Waals surface area contributed by atoms with Crippen molar-refractivity contribution < 1.29 is 43.3 Å². The zero-order valence-electron chi connectivity index (χ0n) is 14.8. The molecule has 7 N–H and O–H groups in total. The average molecular weight is 484 g/mol. The predicted molar refractivity (Wildman–Crippen MR) is 101 cm³/mol. The lowest BCUT2D eigenvalue weighted by Crippen LogP contribution is -2.48. The highest BCUT2D eigenvalue weighted by molar-refractivity contribution is 7.70. The van der Waals surface area contributed by atoms with Crippen molar-refractivity contribution in [3.05, 3.63) is 11.6 Å². The number of hydrogen-bond donors (Lipinski definition) is 6. The van der Waals surface area contributed by atoms with E-state index in [2.05, 4.69) is 19.5 Å². The maximum absolute atomic E-state index is 11.9. The van der Waals surface area contributed by atoms with Crippen LogP contribution in [0.15, 0.2) is 6.33 Å². The van der Waals surface area contributed by atoms with Crippen molar-refractivity contribution in [2.24, 2.45) is 0 Å². The molecule has 0 radical (unpaired) electrons. The van der Waals surface area contributed by atoms with Crippen LogP contribution in [0, 0.1) is 12.3 Å². The molecular weight excluding hydrogens is 468 g/mol. The van der Waals surface area contributed by atoms with Gasteiger partial charge >= 0.3 is 15.2 Å². The van der Waals surface area contributed by atoms with Crippen LogP contribution in [0.2, 0.25) is 5.28 Å². The highest BCUT2D eigenvalue weighted by Crippen LogP contribution is 2.55. The van der Waals surface area contributed by atoms with Crippen LogP contribution in [-0.2, 0) is 18.4 Å². The van der Waals surface area contributed by atoms with E-state index < -0.39 is 51.7 Å². The van der Waals surface area contributed by atoms with Gasteiger partial charge in [0, 0.05) is 0 Å². The normalized spacial score (nSPS) is 29.0. The molecule has 1 fully saturated rings. The van der Waals surface area contributed by atoms with Crippen molar-refractivity contribution in [2.75, 3.05) is 18.2 Å². The molecule has 3 heterocycles. The SMILES string of the molecule is C#C[C@@]1(O)[C@@H](COP(=O)(O)CP(=O)(O)O)O[C@@H](n2cnc3c(N)nc(Cl)nc32)[C@@H]1O. The van der Waals surface area contributed by atoms with Crippen LogP contribution in [0.25, 0.3) is 11.2 Å². The Morgan fingerprint density at radius 3 is 2.67 bits per heavy atom. The molecule has 0 spiro atoms. The van der Waals surface area contributed by atoms with Gasteiger partial charge in [0.25, 0.3) is 0 Å². The zero-order chi connectivity index (χ0) is 22.5. The van der Waals surface area contributed by atoms with Crippen molar-refractivity contribution in [1.82, 2.24) is 19.5 Å². The largest absolute Gasteiger partial charge is 0.384 e. The number of aliphatic hydroxyl groups excluding tert-OH is 1. The smallest absolute Gasteiger partial charge is 0.340 e. The maximum Gasteiger partial charge on any atom is 0.340 e. The van der Waals surface area contributed by atoms with Crippen LogP contribution in [0.4, 0.5) is 5.82 Å². The molecule has 0 saturated carbocycles. The van der Waals surface area contributed by atoms with Crippen molar-refractivity contribution in [3.63, 3.8) is 0 Å². The molecule has 17 heteroatoms. The highest BCUT2D eigenvalue weighted by Gasteiger charge is 2.56. The minimum absolute atomic E-state index is 0.0480. The molecule has 3 rings (SSSR count). The van der Waals surface area contributed by atoms with E-state index in [1.165, 1.54) is 10.9 Å². The number of anilines is 1. The van der Waals surface area contributed by atoms with E-state index >= 15 is 0 Å². The highest BCUT2D eigenvalue weighted by atomic mass is 35.5. The Balaban J connectivity index is 1.90. The lowest BCUT2D eigenvalue weighted by molar-refractivity contribution is -0.0568. The second-order valence-corrected chi connectivity index (χ2v) is 10.7. The number of rotatable bonds is 6. The van der Waals surface area contributed by atoms with Gasteiger partial charge in [0.2, 0.25) is 5.28 Å². The summed E-state index contributed by atoms with van der Waals surface area (Å²) in [7, 11) is -9.63. The van der Waals surface area contributed by atoms with Crippen molar-refractivity contribution in [3.8, 4) is 12.3 Å². The molecular formula is C13H16ClN5O9P2. The van der Waals surface area contributed by atoms with Gasteiger partial charge in [0.15, 0.2) is 29.2 Å². The molecule has 164 valence electrons.